The summed E-state index contributed by atoms with van der Waals surface area (Å²) in [4.78, 5) is 55.5. The van der Waals surface area contributed by atoms with Gasteiger partial charge >= 0.3 is 30.1 Å². The molecule has 6 bridgehead atoms. The maximum atomic E-state index is 14.1. The SMILES string of the molecule is O=C(C(=O)C(F)(F)F)C(F)(F)F.O=C(c1ccc(F)cc1F)N1CCC(CCNc2ccc3cc2CCc2cncc(c2)Nc2ncc(Cl)c(n2)N3)CC1.O=CC(F)(F)F. The van der Waals surface area contributed by atoms with E-state index in [9.17, 15) is 62.7 Å². The number of hydrogen-bond acceptors (Lipinski definition) is 10. The second-order valence-electron chi connectivity index (χ2n) is 13.0. The zero-order chi connectivity index (χ0) is 44.4. The first kappa shape index (κ1) is 46.8. The molecular weight excluding hydrogens is 851 g/mol. The molecule has 4 aromatic rings. The topological polar surface area (TPSA) is 146 Å². The van der Waals surface area contributed by atoms with Crippen LogP contribution >= 0.6 is 11.6 Å². The minimum atomic E-state index is -5.77. The third-order valence-electron chi connectivity index (χ3n) is 8.63. The monoisotopic (exact) mass is 881 g/mol. The lowest BCUT2D eigenvalue weighted by atomic mass is 9.93. The molecule has 2 aliphatic rings. The number of fused-ring (bicyclic) bond motifs is 6. The Hall–Kier alpha value is -5.93. The summed E-state index contributed by atoms with van der Waals surface area (Å²) in [5, 5.41) is 10.6. The van der Waals surface area contributed by atoms with Crippen LogP contribution in [-0.2, 0) is 27.2 Å². The number of nitrogens with zero attached hydrogens (tertiary/aromatic N) is 4. The molecule has 1 amide bonds. The Balaban J connectivity index is 0.000000370. The van der Waals surface area contributed by atoms with Crippen LogP contribution in [0.5, 0.6) is 0 Å². The average Bonchev–Trinajstić information content (AvgIpc) is 3.18. The van der Waals surface area contributed by atoms with Gasteiger partial charge in [-0.1, -0.05) is 11.6 Å². The van der Waals surface area contributed by atoms with E-state index in [2.05, 4.69) is 49.1 Å². The molecule has 60 heavy (non-hydrogen) atoms. The van der Waals surface area contributed by atoms with Crippen molar-refractivity contribution in [1.29, 1.82) is 0 Å². The number of anilines is 5. The fourth-order valence-corrected chi connectivity index (χ4v) is 5.87. The van der Waals surface area contributed by atoms with E-state index in [1.165, 1.54) is 6.07 Å². The molecule has 2 aromatic carbocycles. The largest absolute Gasteiger partial charge is 0.458 e. The van der Waals surface area contributed by atoms with Gasteiger partial charge < -0.3 is 20.9 Å². The molecule has 322 valence electrons. The van der Waals surface area contributed by atoms with Crippen molar-refractivity contribution in [3.8, 4) is 0 Å². The molecule has 2 aromatic heterocycles. The molecule has 6 rings (SSSR count). The van der Waals surface area contributed by atoms with E-state index in [4.69, 9.17) is 16.4 Å². The smallest absolute Gasteiger partial charge is 0.385 e. The lowest BCUT2D eigenvalue weighted by molar-refractivity contribution is -0.193. The molecule has 11 nitrogen and oxygen atoms in total. The summed E-state index contributed by atoms with van der Waals surface area (Å²) in [5.41, 5.74) is 4.92. The number of aryl methyl sites for hydroxylation is 2. The number of alkyl halides is 9. The van der Waals surface area contributed by atoms with Crippen molar-refractivity contribution in [3.63, 3.8) is 0 Å². The second kappa shape index (κ2) is 19.9. The molecule has 0 atom stereocenters. The van der Waals surface area contributed by atoms with Gasteiger partial charge in [0, 0.05) is 43.3 Å². The van der Waals surface area contributed by atoms with Crippen LogP contribution < -0.4 is 16.0 Å². The van der Waals surface area contributed by atoms with Crippen LogP contribution in [0.2, 0.25) is 5.02 Å². The lowest BCUT2D eigenvalue weighted by Crippen LogP contribution is -2.39. The average molecular weight is 882 g/mol. The highest BCUT2D eigenvalue weighted by molar-refractivity contribution is 6.41. The quantitative estimate of drug-likeness (QED) is 0.0977. The highest BCUT2D eigenvalue weighted by atomic mass is 35.5. The number of hydrogen-bond donors (Lipinski definition) is 3. The standard InChI is InChI=1S/C31H30ClF2N7O.C4F6O2.C2HF3O/c32-26-18-37-31-39-24-13-20(16-35-17-24)1-2-21-14-23(38-29(26)40-31)4-6-28(21)36-10-7-19-8-11-41(12-9-19)30(42)25-5-3-22(33)15-27(25)34;5-3(6,7)1(11)2(12)4(8,9)10;3-2(4,5)1-6/h3-6,13-19,36H,1-2,7-12H2,(H2,37,38,39,40);;1H. The van der Waals surface area contributed by atoms with Crippen molar-refractivity contribution in [2.75, 3.05) is 35.6 Å². The van der Waals surface area contributed by atoms with Crippen LogP contribution in [0.4, 0.5) is 77.1 Å². The lowest BCUT2D eigenvalue weighted by Gasteiger charge is -2.32. The molecule has 4 heterocycles. The van der Waals surface area contributed by atoms with Gasteiger partial charge in [0.15, 0.2) is 5.82 Å². The third-order valence-corrected chi connectivity index (χ3v) is 8.91. The van der Waals surface area contributed by atoms with Crippen molar-refractivity contribution >= 4 is 64.2 Å². The highest BCUT2D eigenvalue weighted by Gasteiger charge is 2.54. The number of carbonyl (C=O) groups excluding carboxylic acids is 4. The van der Waals surface area contributed by atoms with E-state index < -0.39 is 48.0 Å². The number of nitrogens with one attached hydrogen (secondary N) is 3. The third kappa shape index (κ3) is 13.8. The summed E-state index contributed by atoms with van der Waals surface area (Å²) in [7, 11) is 0. The Morgan fingerprint density at radius 3 is 2.08 bits per heavy atom. The number of Topliss-reactive ketones (excluding diaryl/α,β-unsaturated/α-hetero) is 2. The van der Waals surface area contributed by atoms with Gasteiger partial charge in [-0.15, -0.1) is 0 Å². The van der Waals surface area contributed by atoms with E-state index >= 15 is 0 Å². The second-order valence-corrected chi connectivity index (χ2v) is 13.4. The number of carbonyl (C=O) groups is 4. The first-order chi connectivity index (χ1) is 28.0. The van der Waals surface area contributed by atoms with Crippen molar-refractivity contribution in [1.82, 2.24) is 19.9 Å². The number of halogens is 12. The van der Waals surface area contributed by atoms with Gasteiger partial charge in [-0.2, -0.15) is 44.5 Å². The Bertz CT molecular complexity index is 2160. The van der Waals surface area contributed by atoms with Crippen LogP contribution in [0.1, 0.15) is 40.7 Å². The van der Waals surface area contributed by atoms with E-state index in [0.29, 0.717) is 35.8 Å². The van der Waals surface area contributed by atoms with Gasteiger partial charge in [0.2, 0.25) is 12.2 Å². The molecule has 0 spiro atoms. The van der Waals surface area contributed by atoms with E-state index in [0.717, 1.165) is 79.0 Å². The number of rotatable bonds is 6. The summed E-state index contributed by atoms with van der Waals surface area (Å²) in [6.07, 6.45) is -7.83. The number of aldehydes is 1. The van der Waals surface area contributed by atoms with Crippen LogP contribution in [0.3, 0.4) is 0 Å². The van der Waals surface area contributed by atoms with Gasteiger partial charge in [-0.25, -0.2) is 13.8 Å². The molecule has 3 N–H and O–H groups in total. The number of benzene rings is 2. The highest BCUT2D eigenvalue weighted by Crippen LogP contribution is 2.30. The summed E-state index contributed by atoms with van der Waals surface area (Å²) in [6.45, 7) is 1.90. The fourth-order valence-electron chi connectivity index (χ4n) is 5.73. The van der Waals surface area contributed by atoms with E-state index in [-0.39, 0.29) is 11.5 Å². The molecular formula is C37H31ClF11N7O4. The Labute approximate surface area is 337 Å². The minimum absolute atomic E-state index is 0.0789. The molecule has 1 saturated heterocycles. The van der Waals surface area contributed by atoms with Crippen LogP contribution in [0.25, 0.3) is 0 Å². The van der Waals surface area contributed by atoms with Crippen molar-refractivity contribution in [2.45, 2.75) is 50.6 Å². The van der Waals surface area contributed by atoms with Gasteiger partial charge in [0.1, 0.15) is 16.7 Å². The number of amides is 1. The van der Waals surface area contributed by atoms with Crippen LogP contribution in [-0.4, -0.2) is 81.8 Å². The van der Waals surface area contributed by atoms with Crippen molar-refractivity contribution < 1.29 is 67.5 Å². The molecule has 0 aliphatic carbocycles. The van der Waals surface area contributed by atoms with Crippen molar-refractivity contribution in [2.24, 2.45) is 5.92 Å². The molecule has 0 saturated carbocycles. The Kier molecular flexibility index (Phi) is 15.5. The van der Waals surface area contributed by atoms with E-state index in [1.807, 2.05) is 12.3 Å². The van der Waals surface area contributed by atoms with Gasteiger partial charge in [-0.05, 0) is 85.5 Å². The molecule has 0 radical (unpaired) electrons. The number of likely N-dealkylation sites (tertiary alicyclic amines) is 1. The summed E-state index contributed by atoms with van der Waals surface area (Å²) in [6, 6.07) is 11.3. The fraction of sp³-hybridized carbons (Fsp3) is 0.324. The van der Waals surface area contributed by atoms with Gasteiger partial charge in [0.25, 0.3) is 5.91 Å². The molecule has 1 fully saturated rings. The molecule has 2 aliphatic heterocycles. The number of ketones is 2. The maximum Gasteiger partial charge on any atom is 0.458 e. The van der Waals surface area contributed by atoms with Crippen molar-refractivity contribution in [3.05, 3.63) is 94.4 Å². The van der Waals surface area contributed by atoms with Crippen LogP contribution in [0.15, 0.2) is 61.1 Å². The number of piperidine rings is 1. The number of pyridine rings is 1. The minimum Gasteiger partial charge on any atom is -0.385 e. The summed E-state index contributed by atoms with van der Waals surface area (Å²) >= 11 is 6.38. The first-order valence-electron chi connectivity index (χ1n) is 17.4. The van der Waals surface area contributed by atoms with E-state index in [1.54, 1.807) is 17.3 Å². The predicted molar refractivity (Wildman–Crippen MR) is 194 cm³/mol. The Morgan fingerprint density at radius 2 is 1.48 bits per heavy atom. The Morgan fingerprint density at radius 1 is 0.833 bits per heavy atom. The number of aromatic nitrogens is 3. The molecule has 23 heteroatoms. The summed E-state index contributed by atoms with van der Waals surface area (Å²) < 4.78 is 126. The van der Waals surface area contributed by atoms with Crippen LogP contribution in [0, 0.1) is 17.6 Å². The maximum absolute atomic E-state index is 14.1. The zero-order valence-electron chi connectivity index (χ0n) is 30.5. The normalized spacial score (nSPS) is 14.2. The first-order valence-corrected chi connectivity index (χ1v) is 17.8. The van der Waals surface area contributed by atoms with Gasteiger partial charge in [0.05, 0.1) is 23.6 Å². The molecule has 0 unspecified atom stereocenters. The predicted octanol–water partition coefficient (Wildman–Crippen LogP) is 8.74. The zero-order valence-corrected chi connectivity index (χ0v) is 31.3. The summed E-state index contributed by atoms with van der Waals surface area (Å²) in [5.74, 6) is -7.32. The van der Waals surface area contributed by atoms with Gasteiger partial charge in [-0.3, -0.25) is 24.2 Å².